The first kappa shape index (κ1) is 16.2. The first-order valence-corrected chi connectivity index (χ1v) is 7.43. The number of hydrogen-bond donors (Lipinski definition) is 1. The Kier molecular flexibility index (Phi) is 5.96. The van der Waals surface area contributed by atoms with Gasteiger partial charge in [-0.25, -0.2) is 0 Å². The highest BCUT2D eigenvalue weighted by molar-refractivity contribution is 5.86. The van der Waals surface area contributed by atoms with E-state index in [0.29, 0.717) is 39.2 Å². The summed E-state index contributed by atoms with van der Waals surface area (Å²) in [7, 11) is 1.57. The fraction of sp³-hybridized carbons (Fsp3) is 0.857. The molecule has 1 N–H and O–H groups in total. The van der Waals surface area contributed by atoms with Gasteiger partial charge < -0.3 is 24.4 Å². The number of ether oxygens (including phenoxy) is 2. The van der Waals surface area contributed by atoms with E-state index >= 15 is 0 Å². The second kappa shape index (κ2) is 7.72. The second-order valence-electron chi connectivity index (χ2n) is 5.59. The average Bonchev–Trinajstić information content (AvgIpc) is 2.64. The number of β-amino-alcohol motifs (C(OH)–C–C–N with tert-alkyl or cyclic N) is 1. The summed E-state index contributed by atoms with van der Waals surface area (Å²) in [5.74, 6) is -0.271. The van der Waals surface area contributed by atoms with E-state index < -0.39 is 6.10 Å². The van der Waals surface area contributed by atoms with Crippen molar-refractivity contribution in [1.82, 2.24) is 9.80 Å². The van der Waals surface area contributed by atoms with Gasteiger partial charge in [-0.15, -0.1) is 0 Å². The molecule has 0 aliphatic carbocycles. The van der Waals surface area contributed by atoms with E-state index in [0.717, 1.165) is 0 Å². The number of aliphatic hydroxyl groups is 1. The standard InChI is InChI=1S/C14H24N2O5/c1-20-7-4-15-8-12(17)9-16(10-13(15)18)14(19)11-2-5-21-6-3-11/h11-12,17H,2-10H2,1H3. The number of rotatable bonds is 4. The summed E-state index contributed by atoms with van der Waals surface area (Å²) in [5, 5.41) is 10.0. The number of hydrogen-bond acceptors (Lipinski definition) is 5. The molecule has 2 rings (SSSR count). The molecule has 21 heavy (non-hydrogen) atoms. The summed E-state index contributed by atoms with van der Waals surface area (Å²) < 4.78 is 10.2. The van der Waals surface area contributed by atoms with Gasteiger partial charge in [0.05, 0.1) is 19.3 Å². The number of aliphatic hydroxyl groups excluding tert-OH is 1. The van der Waals surface area contributed by atoms with E-state index in [-0.39, 0.29) is 37.4 Å². The number of nitrogens with zero attached hydrogens (tertiary/aromatic N) is 2. The Morgan fingerprint density at radius 1 is 1.38 bits per heavy atom. The summed E-state index contributed by atoms with van der Waals surface area (Å²) in [6.45, 7) is 2.53. The van der Waals surface area contributed by atoms with Gasteiger partial charge in [0.2, 0.25) is 11.8 Å². The second-order valence-corrected chi connectivity index (χ2v) is 5.59. The van der Waals surface area contributed by atoms with Gasteiger partial charge in [-0.2, -0.15) is 0 Å². The third-order valence-corrected chi connectivity index (χ3v) is 3.99. The minimum absolute atomic E-state index is 0.0387. The molecule has 0 aromatic rings. The first-order valence-electron chi connectivity index (χ1n) is 7.43. The Balaban J connectivity index is 1.97. The molecule has 2 fully saturated rings. The highest BCUT2D eigenvalue weighted by Gasteiger charge is 2.33. The molecule has 2 aliphatic rings. The molecule has 2 heterocycles. The molecular formula is C14H24N2O5. The zero-order valence-corrected chi connectivity index (χ0v) is 12.5. The van der Waals surface area contributed by atoms with Crippen molar-refractivity contribution in [3.05, 3.63) is 0 Å². The molecule has 7 nitrogen and oxygen atoms in total. The van der Waals surface area contributed by atoms with Gasteiger partial charge in [-0.1, -0.05) is 0 Å². The highest BCUT2D eigenvalue weighted by atomic mass is 16.5. The smallest absolute Gasteiger partial charge is 0.242 e. The van der Waals surface area contributed by atoms with Crippen molar-refractivity contribution in [3.63, 3.8) is 0 Å². The maximum absolute atomic E-state index is 12.5. The van der Waals surface area contributed by atoms with Crippen LogP contribution in [0.5, 0.6) is 0 Å². The van der Waals surface area contributed by atoms with Crippen molar-refractivity contribution in [2.45, 2.75) is 18.9 Å². The zero-order valence-electron chi connectivity index (χ0n) is 12.5. The van der Waals surface area contributed by atoms with Crippen LogP contribution >= 0.6 is 0 Å². The fourth-order valence-corrected chi connectivity index (χ4v) is 2.78. The van der Waals surface area contributed by atoms with Crippen molar-refractivity contribution in [2.75, 3.05) is 53.1 Å². The predicted octanol–water partition coefficient (Wildman–Crippen LogP) is -0.909. The molecule has 7 heteroatoms. The van der Waals surface area contributed by atoms with Crippen LogP contribution in [0.15, 0.2) is 0 Å². The van der Waals surface area contributed by atoms with Gasteiger partial charge in [0.15, 0.2) is 0 Å². The van der Waals surface area contributed by atoms with E-state index in [9.17, 15) is 14.7 Å². The van der Waals surface area contributed by atoms with Crippen LogP contribution < -0.4 is 0 Å². The Labute approximate surface area is 124 Å². The number of methoxy groups -OCH3 is 1. The lowest BCUT2D eigenvalue weighted by atomic mass is 9.98. The van der Waals surface area contributed by atoms with Crippen LogP contribution in [0.25, 0.3) is 0 Å². The van der Waals surface area contributed by atoms with Gasteiger partial charge in [0.1, 0.15) is 0 Å². The van der Waals surface area contributed by atoms with Crippen LogP contribution in [0.4, 0.5) is 0 Å². The molecule has 0 spiro atoms. The summed E-state index contributed by atoms with van der Waals surface area (Å²) in [6, 6.07) is 0. The Hall–Kier alpha value is -1.18. The Bertz CT molecular complexity index is 370. The van der Waals surface area contributed by atoms with E-state index in [1.54, 1.807) is 12.0 Å². The minimum atomic E-state index is -0.711. The molecule has 1 atom stereocenters. The zero-order chi connectivity index (χ0) is 15.2. The van der Waals surface area contributed by atoms with Gasteiger partial charge in [-0.05, 0) is 12.8 Å². The van der Waals surface area contributed by atoms with Crippen LogP contribution in [0.1, 0.15) is 12.8 Å². The maximum Gasteiger partial charge on any atom is 0.242 e. The van der Waals surface area contributed by atoms with E-state index in [2.05, 4.69) is 0 Å². The Morgan fingerprint density at radius 2 is 2.10 bits per heavy atom. The van der Waals surface area contributed by atoms with E-state index in [1.165, 1.54) is 4.90 Å². The molecule has 0 bridgehead atoms. The van der Waals surface area contributed by atoms with Gasteiger partial charge >= 0.3 is 0 Å². The van der Waals surface area contributed by atoms with E-state index in [1.807, 2.05) is 0 Å². The lowest BCUT2D eigenvalue weighted by molar-refractivity contribution is -0.143. The van der Waals surface area contributed by atoms with Crippen LogP contribution in [0.2, 0.25) is 0 Å². The molecule has 0 aromatic carbocycles. The van der Waals surface area contributed by atoms with Crippen molar-refractivity contribution in [2.24, 2.45) is 5.92 Å². The lowest BCUT2D eigenvalue weighted by Gasteiger charge is -2.28. The third kappa shape index (κ3) is 4.39. The fourth-order valence-electron chi connectivity index (χ4n) is 2.78. The average molecular weight is 300 g/mol. The number of amides is 2. The number of carbonyl (C=O) groups excluding carboxylic acids is 2. The summed E-state index contributed by atoms with van der Waals surface area (Å²) in [4.78, 5) is 27.7. The minimum Gasteiger partial charge on any atom is -0.389 e. The normalized spacial score (nSPS) is 25.0. The quantitative estimate of drug-likeness (QED) is 0.727. The van der Waals surface area contributed by atoms with Crippen LogP contribution in [0.3, 0.4) is 0 Å². The SMILES string of the molecule is COCCN1CC(O)CN(C(=O)C2CCOCC2)CC1=O. The van der Waals surface area contributed by atoms with Crippen molar-refractivity contribution in [3.8, 4) is 0 Å². The molecule has 2 aliphatic heterocycles. The van der Waals surface area contributed by atoms with Crippen molar-refractivity contribution < 1.29 is 24.2 Å². The molecule has 0 aromatic heterocycles. The van der Waals surface area contributed by atoms with Crippen LogP contribution in [-0.2, 0) is 19.1 Å². The maximum atomic E-state index is 12.5. The molecule has 0 radical (unpaired) electrons. The molecule has 2 amide bonds. The third-order valence-electron chi connectivity index (χ3n) is 3.99. The molecule has 1 unspecified atom stereocenters. The van der Waals surface area contributed by atoms with Crippen LogP contribution in [0, 0.1) is 5.92 Å². The van der Waals surface area contributed by atoms with E-state index in [4.69, 9.17) is 9.47 Å². The topological polar surface area (TPSA) is 79.3 Å². The molecule has 120 valence electrons. The molecule has 0 saturated carbocycles. The van der Waals surface area contributed by atoms with Crippen molar-refractivity contribution in [1.29, 1.82) is 0 Å². The number of carbonyl (C=O) groups is 2. The Morgan fingerprint density at radius 3 is 2.76 bits per heavy atom. The first-order chi connectivity index (χ1) is 10.1. The summed E-state index contributed by atoms with van der Waals surface area (Å²) >= 11 is 0. The predicted molar refractivity (Wildman–Crippen MR) is 74.6 cm³/mol. The summed E-state index contributed by atoms with van der Waals surface area (Å²) in [5.41, 5.74) is 0. The van der Waals surface area contributed by atoms with Crippen molar-refractivity contribution >= 4 is 11.8 Å². The lowest BCUT2D eigenvalue weighted by Crippen LogP contribution is -2.44. The molecule has 2 saturated heterocycles. The monoisotopic (exact) mass is 300 g/mol. The highest BCUT2D eigenvalue weighted by Crippen LogP contribution is 2.19. The van der Waals surface area contributed by atoms with Gasteiger partial charge in [-0.3, -0.25) is 9.59 Å². The van der Waals surface area contributed by atoms with Gasteiger partial charge in [0, 0.05) is 45.9 Å². The van der Waals surface area contributed by atoms with Gasteiger partial charge in [0.25, 0.3) is 0 Å². The van der Waals surface area contributed by atoms with Crippen LogP contribution in [-0.4, -0.2) is 85.9 Å². The largest absolute Gasteiger partial charge is 0.389 e. The summed E-state index contributed by atoms with van der Waals surface area (Å²) in [6.07, 6.45) is 0.664. The molecular weight excluding hydrogens is 276 g/mol.